The van der Waals surface area contributed by atoms with Crippen LogP contribution in [-0.2, 0) is 0 Å². The summed E-state index contributed by atoms with van der Waals surface area (Å²) in [6.45, 7) is 2.34. The zero-order valence-electron chi connectivity index (χ0n) is 16.1. The van der Waals surface area contributed by atoms with Crippen molar-refractivity contribution in [3.8, 4) is 5.95 Å². The first kappa shape index (κ1) is 18.9. The van der Waals surface area contributed by atoms with Crippen molar-refractivity contribution in [2.24, 2.45) is 17.8 Å². The van der Waals surface area contributed by atoms with E-state index in [4.69, 9.17) is 0 Å². The van der Waals surface area contributed by atoms with Gasteiger partial charge in [-0.2, -0.15) is 18.3 Å². The van der Waals surface area contributed by atoms with Crippen LogP contribution < -0.4 is 5.56 Å². The van der Waals surface area contributed by atoms with E-state index >= 15 is 0 Å². The second-order valence-corrected chi connectivity index (χ2v) is 8.11. The SMILES string of the molecule is Cc1c(C(=O)N2CC3CC(C(F)(F)F)CC3C2)cnn1-c1nn2cccc2c(=O)[nH]1. The Hall–Kier alpha value is -3.11. The summed E-state index contributed by atoms with van der Waals surface area (Å²) in [4.78, 5) is 29.5. The molecule has 1 aliphatic heterocycles. The first-order valence-electron chi connectivity index (χ1n) is 9.71. The first-order valence-corrected chi connectivity index (χ1v) is 9.71. The molecule has 0 aromatic carbocycles. The Morgan fingerprint density at radius 2 is 1.93 bits per heavy atom. The van der Waals surface area contributed by atoms with E-state index in [1.54, 1.807) is 30.2 Å². The molecule has 2 unspecified atom stereocenters. The van der Waals surface area contributed by atoms with Crippen molar-refractivity contribution in [3.05, 3.63) is 46.1 Å². The van der Waals surface area contributed by atoms with E-state index < -0.39 is 12.1 Å². The van der Waals surface area contributed by atoms with Gasteiger partial charge in [-0.3, -0.25) is 14.6 Å². The van der Waals surface area contributed by atoms with Crippen molar-refractivity contribution in [2.75, 3.05) is 13.1 Å². The molecular weight excluding hydrogens is 401 g/mol. The molecule has 0 radical (unpaired) electrons. The number of carbonyl (C=O) groups is 1. The fourth-order valence-corrected chi connectivity index (χ4v) is 4.76. The molecule has 8 nitrogen and oxygen atoms in total. The predicted molar refractivity (Wildman–Crippen MR) is 99.3 cm³/mol. The molecule has 1 saturated heterocycles. The van der Waals surface area contributed by atoms with Crippen LogP contribution >= 0.6 is 0 Å². The Kier molecular flexibility index (Phi) is 4.06. The number of hydrogen-bond donors (Lipinski definition) is 1. The lowest BCUT2D eigenvalue weighted by molar-refractivity contribution is -0.174. The minimum absolute atomic E-state index is 0.0816. The van der Waals surface area contributed by atoms with Crippen LogP contribution in [0.15, 0.2) is 29.3 Å². The molecule has 1 amide bonds. The van der Waals surface area contributed by atoms with Crippen LogP contribution in [0.25, 0.3) is 11.5 Å². The number of nitrogens with one attached hydrogen (secondary N) is 1. The van der Waals surface area contributed by atoms with Gasteiger partial charge in [0, 0.05) is 19.3 Å². The number of carbonyl (C=O) groups excluding carboxylic acids is 1. The van der Waals surface area contributed by atoms with Crippen LogP contribution in [0, 0.1) is 24.7 Å². The van der Waals surface area contributed by atoms with Gasteiger partial charge in [0.15, 0.2) is 0 Å². The van der Waals surface area contributed by atoms with Crippen molar-refractivity contribution >= 4 is 11.4 Å². The van der Waals surface area contributed by atoms with E-state index in [1.807, 2.05) is 0 Å². The number of H-pyrrole nitrogens is 1. The molecule has 2 aliphatic rings. The average molecular weight is 420 g/mol. The molecule has 4 heterocycles. The lowest BCUT2D eigenvalue weighted by atomic mass is 10.0. The lowest BCUT2D eigenvalue weighted by Gasteiger charge is -2.20. The number of halogens is 3. The van der Waals surface area contributed by atoms with E-state index in [2.05, 4.69) is 15.2 Å². The highest BCUT2D eigenvalue weighted by molar-refractivity contribution is 5.95. The van der Waals surface area contributed by atoms with Crippen LogP contribution in [0.5, 0.6) is 0 Å². The molecule has 30 heavy (non-hydrogen) atoms. The molecule has 5 rings (SSSR count). The molecule has 1 N–H and O–H groups in total. The number of amides is 1. The van der Waals surface area contributed by atoms with Gasteiger partial charge in [0.25, 0.3) is 11.5 Å². The van der Waals surface area contributed by atoms with Crippen molar-refractivity contribution in [1.82, 2.24) is 29.3 Å². The lowest BCUT2D eigenvalue weighted by Crippen LogP contribution is -2.31. The van der Waals surface area contributed by atoms with Crippen molar-refractivity contribution in [3.63, 3.8) is 0 Å². The van der Waals surface area contributed by atoms with Gasteiger partial charge in [-0.25, -0.2) is 9.20 Å². The van der Waals surface area contributed by atoms with Gasteiger partial charge in [-0.1, -0.05) is 0 Å². The van der Waals surface area contributed by atoms with E-state index in [1.165, 1.54) is 15.4 Å². The van der Waals surface area contributed by atoms with E-state index in [0.717, 1.165) is 0 Å². The number of rotatable bonds is 2. The van der Waals surface area contributed by atoms with E-state index in [-0.39, 0.29) is 42.1 Å². The minimum Gasteiger partial charge on any atom is -0.338 e. The third kappa shape index (κ3) is 2.91. The largest absolute Gasteiger partial charge is 0.391 e. The number of aromatic amines is 1. The molecular formula is C19H19F3N6O2. The monoisotopic (exact) mass is 420 g/mol. The zero-order chi connectivity index (χ0) is 21.2. The van der Waals surface area contributed by atoms with Crippen LogP contribution in [0.3, 0.4) is 0 Å². The van der Waals surface area contributed by atoms with Gasteiger partial charge >= 0.3 is 6.18 Å². The van der Waals surface area contributed by atoms with Gasteiger partial charge in [0.1, 0.15) is 5.52 Å². The van der Waals surface area contributed by atoms with Crippen LogP contribution in [0.2, 0.25) is 0 Å². The number of alkyl halides is 3. The molecule has 3 aromatic rings. The summed E-state index contributed by atoms with van der Waals surface area (Å²) in [5, 5.41) is 8.51. The van der Waals surface area contributed by atoms with Crippen LogP contribution in [0.1, 0.15) is 28.9 Å². The van der Waals surface area contributed by atoms with E-state index in [9.17, 15) is 22.8 Å². The van der Waals surface area contributed by atoms with Gasteiger partial charge in [-0.05, 0) is 43.7 Å². The molecule has 0 spiro atoms. The minimum atomic E-state index is -4.17. The standard InChI is InChI=1S/C19H19F3N6O2/c1-10-14(7-23-28(10)18-24-16(29)15-3-2-4-27(15)25-18)17(30)26-8-11-5-13(19(20,21)22)6-12(11)9-26/h2-4,7,11-13H,5-6,8-9H2,1H3,(H,24,25,29). The Bertz CT molecular complexity index is 1180. The average Bonchev–Trinajstić information content (AvgIpc) is 3.42. The molecule has 11 heteroatoms. The normalized spacial score (nSPS) is 24.0. The maximum Gasteiger partial charge on any atom is 0.391 e. The quantitative estimate of drug-likeness (QED) is 0.688. The van der Waals surface area contributed by atoms with Gasteiger partial charge < -0.3 is 4.90 Å². The molecule has 3 aromatic heterocycles. The smallest absolute Gasteiger partial charge is 0.338 e. The van der Waals surface area contributed by atoms with Gasteiger partial charge in [-0.15, -0.1) is 5.10 Å². The second kappa shape index (κ2) is 6.44. The Morgan fingerprint density at radius 3 is 2.60 bits per heavy atom. The number of hydrogen-bond acceptors (Lipinski definition) is 4. The summed E-state index contributed by atoms with van der Waals surface area (Å²) in [5.74, 6) is -1.59. The summed E-state index contributed by atoms with van der Waals surface area (Å²) in [6, 6.07) is 3.33. The summed E-state index contributed by atoms with van der Waals surface area (Å²) in [5.41, 5.74) is 0.900. The Morgan fingerprint density at radius 1 is 1.23 bits per heavy atom. The van der Waals surface area contributed by atoms with Crippen molar-refractivity contribution < 1.29 is 18.0 Å². The van der Waals surface area contributed by atoms with E-state index in [0.29, 0.717) is 29.9 Å². The highest BCUT2D eigenvalue weighted by Gasteiger charge is 2.51. The van der Waals surface area contributed by atoms with Crippen LogP contribution in [-0.4, -0.2) is 54.5 Å². The molecule has 158 valence electrons. The van der Waals surface area contributed by atoms with Crippen molar-refractivity contribution in [1.29, 1.82) is 0 Å². The van der Waals surface area contributed by atoms with Gasteiger partial charge in [0.05, 0.1) is 23.4 Å². The molecule has 2 fully saturated rings. The third-order valence-electron chi connectivity index (χ3n) is 6.33. The Labute approximate surface area is 168 Å². The topological polar surface area (TPSA) is 88.3 Å². The third-order valence-corrected chi connectivity index (χ3v) is 6.33. The number of nitrogens with zero attached hydrogens (tertiary/aromatic N) is 5. The predicted octanol–water partition coefficient (Wildman–Crippen LogP) is 2.18. The zero-order valence-corrected chi connectivity index (χ0v) is 16.1. The second-order valence-electron chi connectivity index (χ2n) is 8.11. The number of aromatic nitrogens is 5. The number of fused-ring (bicyclic) bond motifs is 2. The molecule has 1 saturated carbocycles. The summed E-state index contributed by atoms with van der Waals surface area (Å²) in [7, 11) is 0. The molecule has 0 bridgehead atoms. The Balaban J connectivity index is 1.37. The van der Waals surface area contributed by atoms with Gasteiger partial charge in [0.2, 0.25) is 5.95 Å². The molecule has 1 aliphatic carbocycles. The highest BCUT2D eigenvalue weighted by Crippen LogP contribution is 2.48. The summed E-state index contributed by atoms with van der Waals surface area (Å²) >= 11 is 0. The summed E-state index contributed by atoms with van der Waals surface area (Å²) < 4.78 is 41.8. The fourth-order valence-electron chi connectivity index (χ4n) is 4.76. The fraction of sp³-hybridized carbons (Fsp3) is 0.474. The van der Waals surface area contributed by atoms with Crippen LogP contribution in [0.4, 0.5) is 13.2 Å². The summed E-state index contributed by atoms with van der Waals surface area (Å²) in [6.07, 6.45) is -0.960. The maximum absolute atomic E-state index is 13.0. The number of likely N-dealkylation sites (tertiary alicyclic amines) is 1. The van der Waals surface area contributed by atoms with Crippen molar-refractivity contribution in [2.45, 2.75) is 25.9 Å². The molecule has 2 atom stereocenters. The first-order chi connectivity index (χ1) is 14.2. The highest BCUT2D eigenvalue weighted by atomic mass is 19.4. The maximum atomic E-state index is 13.0.